The van der Waals surface area contributed by atoms with E-state index < -0.39 is 0 Å². The summed E-state index contributed by atoms with van der Waals surface area (Å²) in [5.74, 6) is 0.249. The van der Waals surface area contributed by atoms with Crippen molar-refractivity contribution in [2.75, 3.05) is 0 Å². The number of hydrogen-bond acceptors (Lipinski definition) is 6. The summed E-state index contributed by atoms with van der Waals surface area (Å²) in [6.45, 7) is 2.11. The highest BCUT2D eigenvalue weighted by Crippen LogP contribution is 2.35. The first-order chi connectivity index (χ1) is 13.1. The highest BCUT2D eigenvalue weighted by atomic mass is 32.1. The largest absolute Gasteiger partial charge is 0.289 e. The van der Waals surface area contributed by atoms with Gasteiger partial charge in [-0.15, -0.1) is 11.3 Å². The Morgan fingerprint density at radius 2 is 2.33 bits per heavy atom. The minimum Gasteiger partial charge on any atom is -0.289 e. The normalized spacial score (nSPS) is 16.6. The number of thiophene rings is 1. The van der Waals surface area contributed by atoms with Crippen LogP contribution in [0.3, 0.4) is 0 Å². The first kappa shape index (κ1) is 17.5. The van der Waals surface area contributed by atoms with E-state index in [4.69, 9.17) is 0 Å². The van der Waals surface area contributed by atoms with Crippen LogP contribution in [0.25, 0.3) is 10.2 Å². The van der Waals surface area contributed by atoms with Crippen molar-refractivity contribution < 1.29 is 4.79 Å². The zero-order valence-corrected chi connectivity index (χ0v) is 15.7. The molecule has 0 fully saturated rings. The van der Waals surface area contributed by atoms with Crippen LogP contribution in [-0.4, -0.2) is 26.7 Å². The number of nitrogens with one attached hydrogen (secondary N) is 1. The molecule has 1 aliphatic carbocycles. The second-order valence-corrected chi connectivity index (χ2v) is 7.84. The van der Waals surface area contributed by atoms with Crippen molar-refractivity contribution in [3.8, 4) is 0 Å². The summed E-state index contributed by atoms with van der Waals surface area (Å²) in [6, 6.07) is 5.41. The van der Waals surface area contributed by atoms with E-state index in [0.717, 1.165) is 29.7 Å². The topological polar surface area (TPSA) is 89.2 Å². The summed E-state index contributed by atoms with van der Waals surface area (Å²) in [5, 5.41) is 4.55. The zero-order chi connectivity index (χ0) is 18.8. The molecule has 0 aliphatic heterocycles. The summed E-state index contributed by atoms with van der Waals surface area (Å²) in [7, 11) is 0. The Labute approximate surface area is 159 Å². The van der Waals surface area contributed by atoms with Crippen molar-refractivity contribution in [2.45, 2.75) is 32.7 Å². The van der Waals surface area contributed by atoms with Crippen molar-refractivity contribution in [2.24, 2.45) is 11.0 Å². The molecule has 1 atom stereocenters. The lowest BCUT2D eigenvalue weighted by molar-refractivity contribution is -0.121. The lowest BCUT2D eigenvalue weighted by atomic mass is 9.89. The number of pyridine rings is 1. The third-order valence-corrected chi connectivity index (χ3v) is 5.83. The van der Waals surface area contributed by atoms with E-state index in [1.54, 1.807) is 29.7 Å². The molecule has 1 N–H and O–H groups in total. The van der Waals surface area contributed by atoms with Gasteiger partial charge in [-0.2, -0.15) is 5.10 Å². The molecule has 27 heavy (non-hydrogen) atoms. The van der Waals surface area contributed by atoms with Crippen molar-refractivity contribution in [1.29, 1.82) is 0 Å². The second kappa shape index (κ2) is 7.40. The van der Waals surface area contributed by atoms with Gasteiger partial charge in [0, 0.05) is 11.1 Å². The molecule has 3 aromatic heterocycles. The van der Waals surface area contributed by atoms with Gasteiger partial charge in [-0.1, -0.05) is 13.0 Å². The Kier molecular flexibility index (Phi) is 4.81. The highest BCUT2D eigenvalue weighted by Gasteiger charge is 2.23. The maximum atomic E-state index is 12.9. The molecule has 138 valence electrons. The van der Waals surface area contributed by atoms with E-state index in [0.29, 0.717) is 17.0 Å². The van der Waals surface area contributed by atoms with Gasteiger partial charge in [0.25, 0.3) is 11.5 Å². The molecule has 3 heterocycles. The molecule has 0 saturated carbocycles. The van der Waals surface area contributed by atoms with Gasteiger partial charge >= 0.3 is 0 Å². The Hall–Kier alpha value is -2.87. The number of aryl methyl sites for hydroxylation is 1. The SMILES string of the molecule is CC1CCc2c(sc3ncn(CC(=O)N/N=C\c4ccccn4)c(=O)c23)C1. The van der Waals surface area contributed by atoms with Crippen molar-refractivity contribution in [3.63, 3.8) is 0 Å². The fourth-order valence-electron chi connectivity index (χ4n) is 3.29. The molecule has 7 nitrogen and oxygen atoms in total. The standard InChI is InChI=1S/C19H19N5O2S/c1-12-5-6-14-15(8-12)27-18-17(14)19(26)24(11-21-18)10-16(25)23-22-9-13-4-2-3-7-20-13/h2-4,7,9,11-12H,5-6,8,10H2,1H3,(H,23,25)/b22-9-. The quantitative estimate of drug-likeness (QED) is 0.554. The van der Waals surface area contributed by atoms with Gasteiger partial charge in [-0.05, 0) is 42.9 Å². The van der Waals surface area contributed by atoms with Crippen LogP contribution < -0.4 is 11.0 Å². The number of amides is 1. The van der Waals surface area contributed by atoms with Crippen LogP contribution in [0.1, 0.15) is 29.5 Å². The predicted molar refractivity (Wildman–Crippen MR) is 105 cm³/mol. The third kappa shape index (κ3) is 3.66. The van der Waals surface area contributed by atoms with Crippen molar-refractivity contribution in [1.82, 2.24) is 20.0 Å². The van der Waals surface area contributed by atoms with Crippen LogP contribution >= 0.6 is 11.3 Å². The van der Waals surface area contributed by atoms with E-state index in [-0.39, 0.29) is 18.0 Å². The molecular weight excluding hydrogens is 362 g/mol. The van der Waals surface area contributed by atoms with Crippen LogP contribution in [-0.2, 0) is 24.2 Å². The minimum absolute atomic E-state index is 0.123. The summed E-state index contributed by atoms with van der Waals surface area (Å²) in [5.41, 5.74) is 4.02. The first-order valence-electron chi connectivity index (χ1n) is 8.84. The number of nitrogens with zero attached hydrogens (tertiary/aromatic N) is 4. The Morgan fingerprint density at radius 3 is 3.15 bits per heavy atom. The average molecular weight is 381 g/mol. The van der Waals surface area contributed by atoms with E-state index in [1.807, 2.05) is 6.07 Å². The number of hydrogen-bond donors (Lipinski definition) is 1. The summed E-state index contributed by atoms with van der Waals surface area (Å²) in [4.78, 5) is 35.5. The second-order valence-electron chi connectivity index (χ2n) is 6.76. The third-order valence-electron chi connectivity index (χ3n) is 4.67. The molecule has 0 saturated heterocycles. The number of aromatic nitrogens is 3. The molecule has 3 aromatic rings. The Balaban J connectivity index is 1.52. The molecule has 8 heteroatoms. The average Bonchev–Trinajstić information content (AvgIpc) is 3.03. The van der Waals surface area contributed by atoms with Gasteiger partial charge in [0.05, 0.1) is 23.6 Å². The van der Waals surface area contributed by atoms with Gasteiger partial charge in [0.2, 0.25) is 0 Å². The van der Waals surface area contributed by atoms with E-state index in [1.165, 1.54) is 22.0 Å². The van der Waals surface area contributed by atoms with Crippen LogP contribution in [0.15, 0.2) is 40.6 Å². The molecular formula is C19H19N5O2S. The van der Waals surface area contributed by atoms with Crippen LogP contribution in [0.2, 0.25) is 0 Å². The Bertz CT molecular complexity index is 1070. The molecule has 1 unspecified atom stereocenters. The van der Waals surface area contributed by atoms with Crippen LogP contribution in [0.5, 0.6) is 0 Å². The van der Waals surface area contributed by atoms with E-state index in [9.17, 15) is 9.59 Å². The summed E-state index contributed by atoms with van der Waals surface area (Å²) < 4.78 is 1.35. The van der Waals surface area contributed by atoms with Gasteiger partial charge < -0.3 is 0 Å². The Morgan fingerprint density at radius 1 is 1.44 bits per heavy atom. The summed E-state index contributed by atoms with van der Waals surface area (Å²) >= 11 is 1.60. The van der Waals surface area contributed by atoms with Crippen LogP contribution in [0.4, 0.5) is 0 Å². The van der Waals surface area contributed by atoms with Crippen molar-refractivity contribution in [3.05, 3.63) is 57.2 Å². The fourth-order valence-corrected chi connectivity index (χ4v) is 4.63. The summed E-state index contributed by atoms with van der Waals surface area (Å²) in [6.07, 6.45) is 7.52. The number of rotatable bonds is 4. The lowest BCUT2D eigenvalue weighted by Gasteiger charge is -2.17. The van der Waals surface area contributed by atoms with Gasteiger partial charge in [-0.25, -0.2) is 10.4 Å². The number of carbonyl (C=O) groups excluding carboxylic acids is 1. The number of hydrazone groups is 1. The van der Waals surface area contributed by atoms with E-state index in [2.05, 4.69) is 27.4 Å². The van der Waals surface area contributed by atoms with Gasteiger partial charge in [0.1, 0.15) is 11.4 Å². The maximum absolute atomic E-state index is 12.9. The molecule has 1 aliphatic rings. The smallest absolute Gasteiger partial charge is 0.262 e. The molecule has 0 radical (unpaired) electrons. The first-order valence-corrected chi connectivity index (χ1v) is 9.66. The lowest BCUT2D eigenvalue weighted by Crippen LogP contribution is -2.30. The zero-order valence-electron chi connectivity index (χ0n) is 14.9. The van der Waals surface area contributed by atoms with Gasteiger partial charge in [0.15, 0.2) is 0 Å². The fraction of sp³-hybridized carbons (Fsp3) is 0.316. The number of carbonyl (C=O) groups is 1. The minimum atomic E-state index is -0.386. The molecule has 0 spiro atoms. The van der Waals surface area contributed by atoms with Crippen LogP contribution in [0, 0.1) is 5.92 Å². The number of fused-ring (bicyclic) bond motifs is 3. The molecule has 4 rings (SSSR count). The van der Waals surface area contributed by atoms with Crippen molar-refractivity contribution >= 4 is 33.7 Å². The molecule has 0 aromatic carbocycles. The highest BCUT2D eigenvalue weighted by molar-refractivity contribution is 7.18. The molecule has 0 bridgehead atoms. The monoisotopic (exact) mass is 381 g/mol. The maximum Gasteiger partial charge on any atom is 0.262 e. The van der Waals surface area contributed by atoms with E-state index >= 15 is 0 Å². The molecule has 1 amide bonds. The van der Waals surface area contributed by atoms with Gasteiger partial charge in [-0.3, -0.25) is 19.1 Å². The predicted octanol–water partition coefficient (Wildman–Crippen LogP) is 2.13.